The summed E-state index contributed by atoms with van der Waals surface area (Å²) >= 11 is 0. The van der Waals surface area contributed by atoms with Gasteiger partial charge in [-0.25, -0.2) is 4.79 Å². The molecular weight excluding hydrogens is 416 g/mol. The van der Waals surface area contributed by atoms with Gasteiger partial charge in [-0.1, -0.05) is 48.5 Å². The van der Waals surface area contributed by atoms with Gasteiger partial charge in [-0.2, -0.15) is 0 Å². The van der Waals surface area contributed by atoms with Crippen molar-refractivity contribution < 1.29 is 14.7 Å². The van der Waals surface area contributed by atoms with Crippen molar-refractivity contribution in [2.24, 2.45) is 0 Å². The molecule has 7 nitrogen and oxygen atoms in total. The lowest BCUT2D eigenvalue weighted by atomic mass is 10.0. The second-order valence-electron chi connectivity index (χ2n) is 8.09. The van der Waals surface area contributed by atoms with Gasteiger partial charge in [0.05, 0.1) is 11.1 Å². The second-order valence-corrected chi connectivity index (χ2v) is 8.09. The lowest BCUT2D eigenvalue weighted by Gasteiger charge is -2.33. The van der Waals surface area contributed by atoms with Gasteiger partial charge >= 0.3 is 6.09 Å². The summed E-state index contributed by atoms with van der Waals surface area (Å²) < 4.78 is 2.12. The molecule has 0 radical (unpaired) electrons. The number of rotatable bonds is 4. The summed E-state index contributed by atoms with van der Waals surface area (Å²) in [6, 6.07) is 23.9. The van der Waals surface area contributed by atoms with Crippen LogP contribution in [0.15, 0.2) is 79.0 Å². The van der Waals surface area contributed by atoms with E-state index in [1.165, 1.54) is 4.90 Å². The van der Waals surface area contributed by atoms with Crippen LogP contribution in [0.4, 0.5) is 4.79 Å². The molecular formula is C26H24N4O3. The molecule has 1 N–H and O–H groups in total. The van der Waals surface area contributed by atoms with Crippen molar-refractivity contribution >= 4 is 23.0 Å². The largest absolute Gasteiger partial charge is 0.465 e. The SMILES string of the molecule is O=C(O)N1CCN(C(=O)c2c(Cc3ccccc3)n(-c3ccccc3)c3cccnc23)CC1. The van der Waals surface area contributed by atoms with Gasteiger partial charge in [0, 0.05) is 50.2 Å². The van der Waals surface area contributed by atoms with Crippen molar-refractivity contribution in [2.45, 2.75) is 6.42 Å². The van der Waals surface area contributed by atoms with Crippen LogP contribution in [0.5, 0.6) is 0 Å². The maximum Gasteiger partial charge on any atom is 0.407 e. The maximum atomic E-state index is 13.9. The number of fused-ring (bicyclic) bond motifs is 1. The molecule has 2 amide bonds. The number of benzene rings is 2. The van der Waals surface area contributed by atoms with E-state index in [2.05, 4.69) is 21.7 Å². The number of hydrogen-bond acceptors (Lipinski definition) is 3. The van der Waals surface area contributed by atoms with E-state index in [9.17, 15) is 14.7 Å². The molecule has 1 aliphatic rings. The molecule has 5 rings (SSSR count). The van der Waals surface area contributed by atoms with Crippen LogP contribution in [0.1, 0.15) is 21.6 Å². The summed E-state index contributed by atoms with van der Waals surface area (Å²) in [6.07, 6.45) is 1.33. The van der Waals surface area contributed by atoms with Gasteiger partial charge in [0.2, 0.25) is 0 Å². The first-order valence-corrected chi connectivity index (χ1v) is 11.0. The van der Waals surface area contributed by atoms with E-state index in [0.29, 0.717) is 43.7 Å². The number of piperazine rings is 1. The first kappa shape index (κ1) is 20.8. The highest BCUT2D eigenvalue weighted by molar-refractivity contribution is 6.07. The van der Waals surface area contributed by atoms with E-state index in [0.717, 1.165) is 22.5 Å². The zero-order valence-electron chi connectivity index (χ0n) is 18.1. The summed E-state index contributed by atoms with van der Waals surface area (Å²) in [5.74, 6) is -0.107. The Kier molecular flexibility index (Phi) is 5.52. The average molecular weight is 441 g/mol. The minimum atomic E-state index is -0.950. The zero-order valence-corrected chi connectivity index (χ0v) is 18.1. The van der Waals surface area contributed by atoms with Crippen molar-refractivity contribution in [3.63, 3.8) is 0 Å². The van der Waals surface area contributed by atoms with Crippen LogP contribution in [0.2, 0.25) is 0 Å². The number of carbonyl (C=O) groups is 2. The number of aromatic nitrogens is 2. The Morgan fingerprint density at radius 2 is 1.45 bits per heavy atom. The van der Waals surface area contributed by atoms with Gasteiger partial charge in [-0.15, -0.1) is 0 Å². The van der Waals surface area contributed by atoms with Crippen molar-refractivity contribution in [1.29, 1.82) is 0 Å². The molecule has 1 fully saturated rings. The summed E-state index contributed by atoms with van der Waals surface area (Å²) in [5.41, 5.74) is 5.08. The van der Waals surface area contributed by atoms with Crippen LogP contribution >= 0.6 is 0 Å². The van der Waals surface area contributed by atoms with Gasteiger partial charge in [0.15, 0.2) is 0 Å². The molecule has 0 saturated carbocycles. The monoisotopic (exact) mass is 440 g/mol. The third-order valence-corrected chi connectivity index (χ3v) is 6.10. The third kappa shape index (κ3) is 3.93. The zero-order chi connectivity index (χ0) is 22.8. The molecule has 1 saturated heterocycles. The van der Waals surface area contributed by atoms with Crippen molar-refractivity contribution in [2.75, 3.05) is 26.2 Å². The summed E-state index contributed by atoms with van der Waals surface area (Å²) in [7, 11) is 0. The highest BCUT2D eigenvalue weighted by atomic mass is 16.4. The minimum Gasteiger partial charge on any atom is -0.465 e. The molecule has 2 aromatic heterocycles. The minimum absolute atomic E-state index is 0.107. The number of hydrogen-bond donors (Lipinski definition) is 1. The summed E-state index contributed by atoms with van der Waals surface area (Å²) in [5, 5.41) is 9.27. The molecule has 1 aliphatic heterocycles. The normalized spacial score (nSPS) is 13.9. The van der Waals surface area contributed by atoms with E-state index < -0.39 is 6.09 Å². The summed E-state index contributed by atoms with van der Waals surface area (Å²) in [6.45, 7) is 1.33. The maximum absolute atomic E-state index is 13.9. The van der Waals surface area contributed by atoms with Gasteiger partial charge < -0.3 is 19.5 Å². The molecule has 0 aliphatic carbocycles. The number of para-hydroxylation sites is 1. The molecule has 0 bridgehead atoms. The predicted molar refractivity (Wildman–Crippen MR) is 126 cm³/mol. The molecule has 0 atom stereocenters. The molecule has 7 heteroatoms. The fourth-order valence-corrected chi connectivity index (χ4v) is 4.48. The molecule has 3 heterocycles. The molecule has 4 aromatic rings. The Balaban J connectivity index is 1.65. The molecule has 2 aromatic carbocycles. The van der Waals surface area contributed by atoms with Crippen LogP contribution < -0.4 is 0 Å². The van der Waals surface area contributed by atoms with E-state index in [1.807, 2.05) is 60.7 Å². The Labute approximate surface area is 191 Å². The second kappa shape index (κ2) is 8.78. The molecule has 0 spiro atoms. The third-order valence-electron chi connectivity index (χ3n) is 6.10. The Morgan fingerprint density at radius 3 is 2.12 bits per heavy atom. The van der Waals surface area contributed by atoms with Crippen LogP contribution in [0.25, 0.3) is 16.7 Å². The van der Waals surface area contributed by atoms with E-state index in [4.69, 9.17) is 0 Å². The number of nitrogens with zero attached hydrogens (tertiary/aromatic N) is 4. The van der Waals surface area contributed by atoms with E-state index >= 15 is 0 Å². The highest BCUT2D eigenvalue weighted by Gasteiger charge is 2.30. The smallest absolute Gasteiger partial charge is 0.407 e. The Morgan fingerprint density at radius 1 is 0.818 bits per heavy atom. The predicted octanol–water partition coefficient (Wildman–Crippen LogP) is 4.05. The first-order valence-electron chi connectivity index (χ1n) is 11.0. The highest BCUT2D eigenvalue weighted by Crippen LogP contribution is 2.31. The lowest BCUT2D eigenvalue weighted by molar-refractivity contribution is 0.0625. The number of carbonyl (C=O) groups excluding carboxylic acids is 1. The molecule has 0 unspecified atom stereocenters. The number of pyridine rings is 1. The Bertz CT molecular complexity index is 1290. The molecule has 166 valence electrons. The van der Waals surface area contributed by atoms with Gasteiger partial charge in [-0.3, -0.25) is 9.78 Å². The van der Waals surface area contributed by atoms with Crippen LogP contribution in [-0.4, -0.2) is 62.6 Å². The molecule has 33 heavy (non-hydrogen) atoms. The van der Waals surface area contributed by atoms with Crippen LogP contribution in [0.3, 0.4) is 0 Å². The topological polar surface area (TPSA) is 78.7 Å². The summed E-state index contributed by atoms with van der Waals surface area (Å²) in [4.78, 5) is 32.9. The first-order chi connectivity index (χ1) is 16.1. The van der Waals surface area contributed by atoms with Gasteiger partial charge in [-0.05, 0) is 29.8 Å². The number of amides is 2. The Hall–Kier alpha value is -4.13. The van der Waals surface area contributed by atoms with E-state index in [-0.39, 0.29) is 5.91 Å². The van der Waals surface area contributed by atoms with Crippen LogP contribution in [-0.2, 0) is 6.42 Å². The number of carboxylic acid groups (broad SMARTS) is 1. The fraction of sp³-hybridized carbons (Fsp3) is 0.192. The van der Waals surface area contributed by atoms with Gasteiger partial charge in [0.25, 0.3) is 5.91 Å². The lowest BCUT2D eigenvalue weighted by Crippen LogP contribution is -2.50. The van der Waals surface area contributed by atoms with Gasteiger partial charge in [0.1, 0.15) is 5.52 Å². The average Bonchev–Trinajstić information content (AvgIpc) is 3.18. The standard InChI is InChI=1S/C26H24N4O3/c31-25(28-14-16-29(17-15-28)26(32)33)23-22(18-19-8-3-1-4-9-19)30(20-10-5-2-6-11-20)21-12-7-13-27-24(21)23/h1-13H,14-18H2,(H,32,33). The van der Waals surface area contributed by atoms with Crippen LogP contribution in [0, 0.1) is 0 Å². The van der Waals surface area contributed by atoms with Crippen molar-refractivity contribution in [1.82, 2.24) is 19.4 Å². The fourth-order valence-electron chi connectivity index (χ4n) is 4.48. The quantitative estimate of drug-likeness (QED) is 0.519. The van der Waals surface area contributed by atoms with Crippen molar-refractivity contribution in [3.05, 3.63) is 95.8 Å². The van der Waals surface area contributed by atoms with Crippen molar-refractivity contribution in [3.8, 4) is 5.69 Å². The van der Waals surface area contributed by atoms with E-state index in [1.54, 1.807) is 11.1 Å².